The van der Waals surface area contributed by atoms with E-state index in [1.807, 2.05) is 0 Å². The number of alkyl halides is 9. The van der Waals surface area contributed by atoms with E-state index in [4.69, 9.17) is 31.4 Å². The summed E-state index contributed by atoms with van der Waals surface area (Å²) in [5.41, 5.74) is 0.217. The molecular formula is C23H13ClF9N5O5. The Morgan fingerprint density at radius 3 is 1.95 bits per heavy atom. The number of anilines is 1. The van der Waals surface area contributed by atoms with Gasteiger partial charge in [0.15, 0.2) is 5.52 Å². The molecule has 0 saturated heterocycles. The summed E-state index contributed by atoms with van der Waals surface area (Å²) in [5, 5.41) is 20.1. The maximum absolute atomic E-state index is 12.9. The average molecular weight is 646 g/mol. The van der Waals surface area contributed by atoms with Gasteiger partial charge in [0.2, 0.25) is 5.69 Å². The molecule has 0 fully saturated rings. The lowest BCUT2D eigenvalue weighted by Crippen LogP contribution is -2.37. The minimum Gasteiger partial charge on any atom is -0.542 e. The first-order valence-corrected chi connectivity index (χ1v) is 11.2. The van der Waals surface area contributed by atoms with Crippen LogP contribution in [0.5, 0.6) is 0 Å². The Bertz CT molecular complexity index is 1580. The first-order chi connectivity index (χ1) is 19.7. The number of benzene rings is 1. The smallest absolute Gasteiger partial charge is 0.430 e. The van der Waals surface area contributed by atoms with Gasteiger partial charge in [-0.1, -0.05) is 17.7 Å². The molecule has 0 bridgehead atoms. The molecule has 3 aromatic heterocycles. The molecule has 0 aliphatic heterocycles. The zero-order valence-corrected chi connectivity index (χ0v) is 21.2. The van der Waals surface area contributed by atoms with Gasteiger partial charge in [0.1, 0.15) is 11.9 Å². The first-order valence-electron chi connectivity index (χ1n) is 10.8. The van der Waals surface area contributed by atoms with Crippen molar-refractivity contribution in [1.29, 1.82) is 0 Å². The van der Waals surface area contributed by atoms with E-state index in [-0.39, 0.29) is 10.7 Å². The molecule has 3 heterocycles. The molecule has 230 valence electrons. The zero-order chi connectivity index (χ0) is 32.8. The van der Waals surface area contributed by atoms with E-state index in [0.29, 0.717) is 22.7 Å². The Morgan fingerprint density at radius 2 is 1.49 bits per heavy atom. The highest BCUT2D eigenvalue weighted by Gasteiger charge is 2.33. The predicted octanol–water partition coefficient (Wildman–Crippen LogP) is 2.15. The Kier molecular flexibility index (Phi) is 10.6. The molecular weight excluding hydrogens is 633 g/mol. The van der Waals surface area contributed by atoms with Crippen molar-refractivity contribution in [2.24, 2.45) is 0 Å². The molecule has 0 spiro atoms. The number of imidazole rings is 1. The molecule has 0 aliphatic carbocycles. The van der Waals surface area contributed by atoms with Gasteiger partial charge >= 0.3 is 24.4 Å². The van der Waals surface area contributed by atoms with E-state index in [9.17, 15) is 44.3 Å². The molecule has 1 amide bonds. The highest BCUT2D eigenvalue weighted by atomic mass is 35.5. The molecule has 0 unspecified atom stereocenters. The van der Waals surface area contributed by atoms with Gasteiger partial charge in [-0.25, -0.2) is 4.98 Å². The van der Waals surface area contributed by atoms with Crippen molar-refractivity contribution < 1.29 is 73.5 Å². The van der Waals surface area contributed by atoms with Crippen molar-refractivity contribution in [3.8, 4) is 11.4 Å². The number of rotatable bonds is 3. The number of fused-ring (bicyclic) bond motifs is 1. The minimum atomic E-state index is -5.19. The van der Waals surface area contributed by atoms with Gasteiger partial charge in [0, 0.05) is 6.07 Å². The number of halogens is 10. The zero-order valence-electron chi connectivity index (χ0n) is 20.5. The summed E-state index contributed by atoms with van der Waals surface area (Å²) in [7, 11) is 0. The second-order valence-corrected chi connectivity index (χ2v) is 8.07. The van der Waals surface area contributed by atoms with Gasteiger partial charge in [-0.2, -0.15) is 43.9 Å². The van der Waals surface area contributed by atoms with E-state index in [0.717, 1.165) is 12.1 Å². The summed E-state index contributed by atoms with van der Waals surface area (Å²) in [6, 6.07) is 9.85. The van der Waals surface area contributed by atoms with Crippen LogP contribution in [0.3, 0.4) is 0 Å². The third-order valence-electron chi connectivity index (χ3n) is 4.70. The van der Waals surface area contributed by atoms with Crippen molar-refractivity contribution >= 4 is 40.8 Å². The van der Waals surface area contributed by atoms with E-state index >= 15 is 0 Å². The number of carbonyl (C=O) groups excluding carboxylic acids is 3. The fraction of sp³-hybridized carbons (Fsp3) is 0.130. The van der Waals surface area contributed by atoms with Gasteiger partial charge in [-0.05, 0) is 35.3 Å². The van der Waals surface area contributed by atoms with Gasteiger partial charge in [-0.15, -0.1) is 0 Å². The number of nitrogens with one attached hydrogen (secondary N) is 3. The second kappa shape index (κ2) is 13.4. The van der Waals surface area contributed by atoms with Crippen molar-refractivity contribution in [1.82, 2.24) is 9.97 Å². The molecule has 4 rings (SSSR count). The Morgan fingerprint density at radius 1 is 0.907 bits per heavy atom. The topological polar surface area (TPSA) is 156 Å². The number of amides is 1. The van der Waals surface area contributed by atoms with Gasteiger partial charge in [0.25, 0.3) is 18.0 Å². The van der Waals surface area contributed by atoms with Crippen LogP contribution in [-0.2, 0) is 15.8 Å². The fourth-order valence-corrected chi connectivity index (χ4v) is 3.18. The Balaban J connectivity index is 0.000000384. The number of aromatic amines is 2. The third kappa shape index (κ3) is 9.55. The highest BCUT2D eigenvalue weighted by molar-refractivity contribution is 6.33. The SMILES string of the molecule is O=C(Nc1cc[nH+]cn1)c1[nH]c(-c2ccc(C(F)(F)F)cc2Cl)[n+]2ccccc12.O=C([O-])C(F)(F)F.O=C([O-])C(F)(F)F. The largest absolute Gasteiger partial charge is 0.542 e. The number of pyridine rings is 1. The van der Waals surface area contributed by atoms with Crippen LogP contribution >= 0.6 is 11.6 Å². The molecule has 0 atom stereocenters. The number of nitrogens with zero attached hydrogens (tertiary/aromatic N) is 2. The monoisotopic (exact) mass is 645 g/mol. The van der Waals surface area contributed by atoms with E-state index in [2.05, 4.69) is 20.3 Å². The second-order valence-electron chi connectivity index (χ2n) is 7.66. The summed E-state index contributed by atoms with van der Waals surface area (Å²) < 4.78 is 104. The molecule has 43 heavy (non-hydrogen) atoms. The summed E-state index contributed by atoms with van der Waals surface area (Å²) in [6.45, 7) is 0. The molecule has 4 aromatic rings. The van der Waals surface area contributed by atoms with Crippen molar-refractivity contribution in [2.45, 2.75) is 18.5 Å². The van der Waals surface area contributed by atoms with E-state index in [1.54, 1.807) is 41.1 Å². The summed E-state index contributed by atoms with van der Waals surface area (Å²) in [6.07, 6.45) is -10.2. The molecule has 3 N–H and O–H groups in total. The summed E-state index contributed by atoms with van der Waals surface area (Å²) in [5.74, 6) is -5.76. The number of carboxylic acids is 2. The summed E-state index contributed by atoms with van der Waals surface area (Å²) in [4.78, 5) is 40.1. The van der Waals surface area contributed by atoms with Crippen LogP contribution in [-0.4, -0.2) is 40.2 Å². The van der Waals surface area contributed by atoms with Crippen LogP contribution in [0.25, 0.3) is 16.9 Å². The minimum absolute atomic E-state index is 0.0912. The van der Waals surface area contributed by atoms with E-state index < -0.39 is 41.9 Å². The van der Waals surface area contributed by atoms with E-state index in [1.165, 1.54) is 12.4 Å². The summed E-state index contributed by atoms with van der Waals surface area (Å²) >= 11 is 6.14. The lowest BCUT2D eigenvalue weighted by Gasteiger charge is -2.07. The van der Waals surface area contributed by atoms with Crippen molar-refractivity contribution in [2.75, 3.05) is 5.32 Å². The maximum atomic E-state index is 12.9. The van der Waals surface area contributed by atoms with Gasteiger partial charge in [0.05, 0.1) is 28.5 Å². The van der Waals surface area contributed by atoms with Crippen LogP contribution in [0, 0.1) is 0 Å². The lowest BCUT2D eigenvalue weighted by molar-refractivity contribution is -0.498. The van der Waals surface area contributed by atoms with Crippen LogP contribution in [0.2, 0.25) is 5.02 Å². The lowest BCUT2D eigenvalue weighted by atomic mass is 10.1. The maximum Gasteiger partial charge on any atom is 0.430 e. The molecule has 0 aliphatic rings. The average Bonchev–Trinajstić information content (AvgIpc) is 3.28. The van der Waals surface area contributed by atoms with Gasteiger partial charge < -0.3 is 19.8 Å². The predicted molar refractivity (Wildman–Crippen MR) is 120 cm³/mol. The molecule has 1 aromatic carbocycles. The fourth-order valence-electron chi connectivity index (χ4n) is 2.91. The highest BCUT2D eigenvalue weighted by Crippen LogP contribution is 2.34. The molecule has 0 saturated carbocycles. The molecule has 10 nitrogen and oxygen atoms in total. The Labute approximate surface area is 237 Å². The van der Waals surface area contributed by atoms with Crippen LogP contribution in [0.4, 0.5) is 45.3 Å². The number of hydrogen-bond donors (Lipinski definition) is 2. The van der Waals surface area contributed by atoms with Crippen molar-refractivity contribution in [3.63, 3.8) is 0 Å². The normalized spacial score (nSPS) is 11.5. The first kappa shape index (κ1) is 34.3. The molecule has 0 radical (unpaired) electrons. The number of aliphatic carboxylic acids is 2. The van der Waals surface area contributed by atoms with Crippen LogP contribution in [0.15, 0.2) is 61.2 Å². The number of H-pyrrole nitrogens is 2. The number of hydrogen-bond acceptors (Lipinski definition) is 6. The third-order valence-corrected chi connectivity index (χ3v) is 5.01. The number of carboxylic acid groups (broad SMARTS) is 2. The van der Waals surface area contributed by atoms with Crippen LogP contribution in [0.1, 0.15) is 16.1 Å². The number of aromatic nitrogens is 4. The Hall–Kier alpha value is -4.94. The quantitative estimate of drug-likeness (QED) is 0.257. The standard InChI is InChI=1S/C19H11ClF3N5O.2C2HF3O2/c20-13-9-11(19(21,22)23)4-5-12(13)17-27-16(14-3-1-2-8-28(14)17)18(29)26-15-6-7-24-10-25-15;2*3-2(4,5)1(6)7/h1-10H,(H,24,25,26,29);2*(H,6,7). The molecule has 20 heteroatoms. The van der Waals surface area contributed by atoms with Crippen molar-refractivity contribution in [3.05, 3.63) is 77.5 Å². The van der Waals surface area contributed by atoms with Gasteiger partial charge in [-0.3, -0.25) is 15.1 Å². The number of carbonyl (C=O) groups is 3. The van der Waals surface area contributed by atoms with Crippen LogP contribution < -0.4 is 24.9 Å².